The predicted molar refractivity (Wildman–Crippen MR) is 74.0 cm³/mol. The third-order valence-corrected chi connectivity index (χ3v) is 3.91. The molecule has 0 fully saturated rings. The van der Waals surface area contributed by atoms with Crippen molar-refractivity contribution in [2.24, 2.45) is 0 Å². The van der Waals surface area contributed by atoms with E-state index in [0.717, 1.165) is 17.2 Å². The Morgan fingerprint density at radius 3 is 2.47 bits per heavy atom. The van der Waals surface area contributed by atoms with Gasteiger partial charge in [0.15, 0.2) is 0 Å². The molecular formula is C15H13BrF2O. The average Bonchev–Trinajstić information content (AvgIpc) is 2.37. The van der Waals surface area contributed by atoms with Gasteiger partial charge in [-0.3, -0.25) is 0 Å². The van der Waals surface area contributed by atoms with Crippen LogP contribution >= 0.6 is 15.9 Å². The highest BCUT2D eigenvalue weighted by atomic mass is 79.9. The van der Waals surface area contributed by atoms with Crippen molar-refractivity contribution in [3.8, 4) is 0 Å². The molecule has 0 aliphatic rings. The maximum atomic E-state index is 14.0. The Balaban J connectivity index is 2.59. The van der Waals surface area contributed by atoms with Crippen LogP contribution in [0.3, 0.4) is 0 Å². The number of hydrogen-bond donors (Lipinski definition) is 1. The maximum Gasteiger partial charge on any atom is 0.146 e. The first-order valence-corrected chi connectivity index (χ1v) is 6.60. The molecule has 0 aromatic heterocycles. The summed E-state index contributed by atoms with van der Waals surface area (Å²) >= 11 is 3.00. The summed E-state index contributed by atoms with van der Waals surface area (Å²) in [7, 11) is 0. The highest BCUT2D eigenvalue weighted by Gasteiger charge is 2.23. The zero-order valence-corrected chi connectivity index (χ0v) is 12.1. The molecule has 2 aromatic rings. The standard InChI is InChI=1S/C15H13BrF2O/c1-8-4-3-5-10(9(8)2)15(19)13-12(17)7-6-11(16)14(13)18/h3-7,15,19H,1-2H3. The summed E-state index contributed by atoms with van der Waals surface area (Å²) in [6.07, 6.45) is -1.32. The Morgan fingerprint density at radius 2 is 1.79 bits per heavy atom. The van der Waals surface area contributed by atoms with Crippen molar-refractivity contribution in [2.45, 2.75) is 20.0 Å². The van der Waals surface area contributed by atoms with Crippen LogP contribution in [-0.2, 0) is 0 Å². The fourth-order valence-electron chi connectivity index (χ4n) is 2.02. The zero-order valence-electron chi connectivity index (χ0n) is 10.5. The van der Waals surface area contributed by atoms with Gasteiger partial charge in [0.1, 0.15) is 17.7 Å². The molecule has 0 heterocycles. The first-order valence-electron chi connectivity index (χ1n) is 5.81. The van der Waals surface area contributed by atoms with E-state index in [1.807, 2.05) is 19.9 Å². The lowest BCUT2D eigenvalue weighted by atomic mass is 9.94. The predicted octanol–water partition coefficient (Wildman–Crippen LogP) is 4.43. The molecule has 0 saturated carbocycles. The van der Waals surface area contributed by atoms with Crippen molar-refractivity contribution in [1.29, 1.82) is 0 Å². The summed E-state index contributed by atoms with van der Waals surface area (Å²) in [5.74, 6) is -1.53. The van der Waals surface area contributed by atoms with E-state index in [2.05, 4.69) is 15.9 Å². The Kier molecular flexibility index (Phi) is 4.02. The van der Waals surface area contributed by atoms with E-state index in [9.17, 15) is 13.9 Å². The fourth-order valence-corrected chi connectivity index (χ4v) is 2.36. The van der Waals surface area contributed by atoms with Crippen molar-refractivity contribution in [3.63, 3.8) is 0 Å². The largest absolute Gasteiger partial charge is 0.383 e. The van der Waals surface area contributed by atoms with E-state index in [4.69, 9.17) is 0 Å². The fraction of sp³-hybridized carbons (Fsp3) is 0.200. The molecule has 19 heavy (non-hydrogen) atoms. The van der Waals surface area contributed by atoms with Crippen molar-refractivity contribution < 1.29 is 13.9 Å². The second-order valence-corrected chi connectivity index (χ2v) is 5.30. The summed E-state index contributed by atoms with van der Waals surface area (Å²) < 4.78 is 27.9. The van der Waals surface area contributed by atoms with Crippen LogP contribution in [-0.4, -0.2) is 5.11 Å². The first kappa shape index (κ1) is 14.2. The molecule has 1 atom stereocenters. The zero-order chi connectivity index (χ0) is 14.2. The van der Waals surface area contributed by atoms with Crippen LogP contribution in [0.2, 0.25) is 0 Å². The van der Waals surface area contributed by atoms with E-state index in [1.54, 1.807) is 12.1 Å². The van der Waals surface area contributed by atoms with E-state index >= 15 is 0 Å². The highest BCUT2D eigenvalue weighted by molar-refractivity contribution is 9.10. The third-order valence-electron chi connectivity index (χ3n) is 3.29. The van der Waals surface area contributed by atoms with Crippen molar-refractivity contribution >= 4 is 15.9 Å². The number of aliphatic hydroxyl groups excluding tert-OH is 1. The van der Waals surface area contributed by atoms with Gasteiger partial charge in [-0.15, -0.1) is 0 Å². The molecule has 0 bridgehead atoms. The van der Waals surface area contributed by atoms with Crippen molar-refractivity contribution in [1.82, 2.24) is 0 Å². The molecule has 100 valence electrons. The lowest BCUT2D eigenvalue weighted by Crippen LogP contribution is -2.08. The minimum Gasteiger partial charge on any atom is -0.383 e. The van der Waals surface area contributed by atoms with Gasteiger partial charge < -0.3 is 5.11 Å². The van der Waals surface area contributed by atoms with Crippen LogP contribution in [0, 0.1) is 25.5 Å². The summed E-state index contributed by atoms with van der Waals surface area (Å²) in [5, 5.41) is 10.3. The lowest BCUT2D eigenvalue weighted by Gasteiger charge is -2.17. The van der Waals surface area contributed by atoms with Gasteiger partial charge in [0, 0.05) is 0 Å². The molecule has 0 aliphatic carbocycles. The second kappa shape index (κ2) is 5.39. The molecule has 0 spiro atoms. The molecule has 2 rings (SSSR count). The summed E-state index contributed by atoms with van der Waals surface area (Å²) in [6, 6.07) is 7.74. The van der Waals surface area contributed by atoms with Gasteiger partial charge in [0.05, 0.1) is 10.0 Å². The van der Waals surface area contributed by atoms with Gasteiger partial charge in [0.2, 0.25) is 0 Å². The molecule has 4 heteroatoms. The van der Waals surface area contributed by atoms with Crippen LogP contribution in [0.15, 0.2) is 34.8 Å². The quantitative estimate of drug-likeness (QED) is 0.809. The van der Waals surface area contributed by atoms with Gasteiger partial charge in [-0.2, -0.15) is 0 Å². The summed E-state index contributed by atoms with van der Waals surface area (Å²) in [6.45, 7) is 3.71. The molecule has 1 N–H and O–H groups in total. The van der Waals surface area contributed by atoms with Crippen LogP contribution in [0.5, 0.6) is 0 Å². The normalized spacial score (nSPS) is 12.5. The first-order chi connectivity index (χ1) is 8.93. The van der Waals surface area contributed by atoms with Crippen LogP contribution in [0.1, 0.15) is 28.4 Å². The topological polar surface area (TPSA) is 20.2 Å². The van der Waals surface area contributed by atoms with Gasteiger partial charge in [-0.05, 0) is 58.6 Å². The van der Waals surface area contributed by atoms with E-state index in [1.165, 1.54) is 6.07 Å². The Bertz CT molecular complexity index is 626. The van der Waals surface area contributed by atoms with E-state index in [0.29, 0.717) is 5.56 Å². The number of halogens is 3. The van der Waals surface area contributed by atoms with E-state index < -0.39 is 17.7 Å². The van der Waals surface area contributed by atoms with Crippen LogP contribution in [0.4, 0.5) is 8.78 Å². The molecule has 1 nitrogen and oxygen atoms in total. The smallest absolute Gasteiger partial charge is 0.146 e. The van der Waals surface area contributed by atoms with Gasteiger partial charge in [0.25, 0.3) is 0 Å². The Labute approximate surface area is 119 Å². The highest BCUT2D eigenvalue weighted by Crippen LogP contribution is 2.32. The Morgan fingerprint density at radius 1 is 1.11 bits per heavy atom. The average molecular weight is 327 g/mol. The number of rotatable bonds is 2. The molecule has 2 aromatic carbocycles. The number of hydrogen-bond acceptors (Lipinski definition) is 1. The Hall–Kier alpha value is -1.26. The minimum absolute atomic E-state index is 0.133. The second-order valence-electron chi connectivity index (χ2n) is 4.45. The lowest BCUT2D eigenvalue weighted by molar-refractivity contribution is 0.208. The van der Waals surface area contributed by atoms with Gasteiger partial charge >= 0.3 is 0 Å². The van der Waals surface area contributed by atoms with Gasteiger partial charge in [-0.25, -0.2) is 8.78 Å². The molecular weight excluding hydrogens is 314 g/mol. The summed E-state index contributed by atoms with van der Waals surface area (Å²) in [4.78, 5) is 0. The molecule has 0 amide bonds. The molecule has 1 unspecified atom stereocenters. The van der Waals surface area contributed by atoms with E-state index in [-0.39, 0.29) is 10.0 Å². The van der Waals surface area contributed by atoms with Gasteiger partial charge in [-0.1, -0.05) is 18.2 Å². The number of benzene rings is 2. The molecule has 0 radical (unpaired) electrons. The maximum absolute atomic E-state index is 14.0. The minimum atomic E-state index is -1.32. The number of aryl methyl sites for hydroxylation is 1. The van der Waals surface area contributed by atoms with Crippen LogP contribution in [0.25, 0.3) is 0 Å². The SMILES string of the molecule is Cc1cccc(C(O)c2c(F)ccc(Br)c2F)c1C. The molecule has 0 saturated heterocycles. The van der Waals surface area contributed by atoms with Crippen LogP contribution < -0.4 is 0 Å². The summed E-state index contributed by atoms with van der Waals surface area (Å²) in [5.41, 5.74) is 1.97. The monoisotopic (exact) mass is 326 g/mol. The number of aliphatic hydroxyl groups is 1. The van der Waals surface area contributed by atoms with Crippen molar-refractivity contribution in [3.05, 3.63) is 68.7 Å². The van der Waals surface area contributed by atoms with Crippen molar-refractivity contribution in [2.75, 3.05) is 0 Å². The third kappa shape index (κ3) is 2.55. The molecule has 0 aliphatic heterocycles.